The quantitative estimate of drug-likeness (QED) is 0.286. The minimum atomic E-state index is -1.01. The molecule has 1 aliphatic carbocycles. The van der Waals surface area contributed by atoms with Gasteiger partial charge in [-0.05, 0) is 74.8 Å². The lowest BCUT2D eigenvalue weighted by atomic mass is 9.83. The van der Waals surface area contributed by atoms with Crippen molar-refractivity contribution in [1.82, 2.24) is 19.2 Å². The van der Waals surface area contributed by atoms with Gasteiger partial charge in [0.1, 0.15) is 18.2 Å². The number of rotatable bonds is 9. The predicted octanol–water partition coefficient (Wildman–Crippen LogP) is 5.40. The third-order valence-corrected chi connectivity index (χ3v) is 8.18. The summed E-state index contributed by atoms with van der Waals surface area (Å²) in [7, 11) is 0. The molecule has 0 spiro atoms. The summed E-state index contributed by atoms with van der Waals surface area (Å²) in [4.78, 5) is 29.9. The van der Waals surface area contributed by atoms with Crippen molar-refractivity contribution in [2.75, 3.05) is 6.61 Å². The topological polar surface area (TPSA) is 123 Å². The minimum Gasteiger partial charge on any atom is -0.480 e. The average molecular weight is 572 g/mol. The Hall–Kier alpha value is -4.36. The monoisotopic (exact) mass is 571 g/mol. The number of carbonyl (C=O) groups is 1. The van der Waals surface area contributed by atoms with Gasteiger partial charge in [-0.1, -0.05) is 43.7 Å². The number of nitriles is 1. The molecular formula is C32H34FN5O4. The van der Waals surface area contributed by atoms with Crippen LogP contribution in [0.1, 0.15) is 80.2 Å². The Morgan fingerprint density at radius 3 is 2.64 bits per heavy atom. The summed E-state index contributed by atoms with van der Waals surface area (Å²) < 4.78 is 24.7. The predicted molar refractivity (Wildman–Crippen MR) is 155 cm³/mol. The molecule has 5 rings (SSSR count). The second-order valence-electron chi connectivity index (χ2n) is 11.2. The Balaban J connectivity index is 1.55. The molecule has 218 valence electrons. The molecule has 2 aromatic heterocycles. The fraction of sp³-hybridized carbons (Fsp3) is 0.406. The van der Waals surface area contributed by atoms with Crippen molar-refractivity contribution in [3.05, 3.63) is 86.8 Å². The van der Waals surface area contributed by atoms with Gasteiger partial charge in [0.15, 0.2) is 0 Å². The number of carboxylic acid groups (broad SMARTS) is 1. The number of ether oxygens (including phenoxy) is 1. The number of halogens is 1. The van der Waals surface area contributed by atoms with Gasteiger partial charge in [0.2, 0.25) is 5.78 Å². The lowest BCUT2D eigenvalue weighted by molar-refractivity contribution is -0.151. The van der Waals surface area contributed by atoms with E-state index >= 15 is 4.39 Å². The van der Waals surface area contributed by atoms with Gasteiger partial charge >= 0.3 is 5.97 Å². The van der Waals surface area contributed by atoms with Gasteiger partial charge in [0.05, 0.1) is 22.9 Å². The molecule has 0 unspecified atom stereocenters. The highest BCUT2D eigenvalue weighted by atomic mass is 19.1. The summed E-state index contributed by atoms with van der Waals surface area (Å²) in [5.74, 6) is -0.461. The number of hydrogen-bond acceptors (Lipinski definition) is 6. The molecule has 0 atom stereocenters. The van der Waals surface area contributed by atoms with Crippen LogP contribution in [0, 0.1) is 24.1 Å². The lowest BCUT2D eigenvalue weighted by Gasteiger charge is -2.37. The highest BCUT2D eigenvalue weighted by Gasteiger charge is 2.35. The number of fused-ring (bicyclic) bond motifs is 1. The van der Waals surface area contributed by atoms with E-state index < -0.39 is 17.4 Å². The number of aromatic nitrogens is 4. The van der Waals surface area contributed by atoms with E-state index in [4.69, 9.17) is 9.84 Å². The molecule has 0 saturated heterocycles. The van der Waals surface area contributed by atoms with Crippen LogP contribution in [0.3, 0.4) is 0 Å². The molecule has 2 aromatic carbocycles. The first-order chi connectivity index (χ1) is 20.1. The Morgan fingerprint density at radius 1 is 1.24 bits per heavy atom. The Morgan fingerprint density at radius 2 is 1.98 bits per heavy atom. The Bertz CT molecular complexity index is 1740. The van der Waals surface area contributed by atoms with E-state index in [1.165, 1.54) is 6.07 Å². The first-order valence-corrected chi connectivity index (χ1v) is 14.3. The second kappa shape index (κ2) is 11.9. The van der Waals surface area contributed by atoms with Crippen LogP contribution in [0.2, 0.25) is 0 Å². The van der Waals surface area contributed by atoms with Gasteiger partial charge in [-0.15, -0.1) is 0 Å². The molecule has 2 heterocycles. The van der Waals surface area contributed by atoms with Crippen molar-refractivity contribution >= 4 is 11.7 Å². The van der Waals surface area contributed by atoms with Crippen LogP contribution in [0.25, 0.3) is 16.9 Å². The summed E-state index contributed by atoms with van der Waals surface area (Å²) >= 11 is 0. The molecular weight excluding hydrogens is 537 g/mol. The van der Waals surface area contributed by atoms with Crippen LogP contribution in [0.15, 0.2) is 47.3 Å². The van der Waals surface area contributed by atoms with Crippen molar-refractivity contribution in [2.45, 2.75) is 77.4 Å². The average Bonchev–Trinajstić information content (AvgIpc) is 3.36. The molecule has 1 aliphatic rings. The van der Waals surface area contributed by atoms with Crippen molar-refractivity contribution in [1.29, 1.82) is 5.26 Å². The van der Waals surface area contributed by atoms with E-state index in [1.807, 2.05) is 19.9 Å². The third-order valence-electron chi connectivity index (χ3n) is 8.18. The van der Waals surface area contributed by atoms with Crippen LogP contribution in [-0.2, 0) is 22.4 Å². The number of nitrogens with zero attached hydrogens (tertiary/aromatic N) is 5. The normalized spacial score (nSPS) is 18.7. The fourth-order valence-electron chi connectivity index (χ4n) is 5.96. The first-order valence-electron chi connectivity index (χ1n) is 14.3. The molecule has 1 N–H and O–H groups in total. The summed E-state index contributed by atoms with van der Waals surface area (Å²) in [6.07, 6.45) is 3.80. The first kappa shape index (κ1) is 29.1. The lowest BCUT2D eigenvalue weighted by Crippen LogP contribution is -2.39. The van der Waals surface area contributed by atoms with Crippen molar-refractivity contribution < 1.29 is 19.0 Å². The van der Waals surface area contributed by atoms with Crippen molar-refractivity contribution in [3.63, 3.8) is 0 Å². The number of benzene rings is 2. The zero-order valence-electron chi connectivity index (χ0n) is 24.1. The highest BCUT2D eigenvalue weighted by Crippen LogP contribution is 2.37. The SMILES string of the molecule is CCCc1c(Cc2ccc(-c3ccccc3C#N)cc2F)c(=O)n(C2CCC(C)(OCC(=O)O)CC2)c2nc(C)nn12. The maximum Gasteiger partial charge on any atom is 0.329 e. The molecule has 9 nitrogen and oxygen atoms in total. The molecule has 0 bridgehead atoms. The Kier molecular flexibility index (Phi) is 8.23. The summed E-state index contributed by atoms with van der Waals surface area (Å²) in [5.41, 5.74) is 2.49. The molecule has 10 heteroatoms. The molecule has 1 fully saturated rings. The number of aryl methyl sites for hydroxylation is 2. The van der Waals surface area contributed by atoms with Gasteiger partial charge < -0.3 is 9.84 Å². The van der Waals surface area contributed by atoms with E-state index in [9.17, 15) is 14.9 Å². The molecule has 1 saturated carbocycles. The summed E-state index contributed by atoms with van der Waals surface area (Å²) in [5, 5.41) is 23.2. The third kappa shape index (κ3) is 5.70. The maximum atomic E-state index is 15.6. The van der Waals surface area contributed by atoms with Crippen molar-refractivity contribution in [3.8, 4) is 17.2 Å². The van der Waals surface area contributed by atoms with Crippen LogP contribution >= 0.6 is 0 Å². The van der Waals surface area contributed by atoms with Crippen molar-refractivity contribution in [2.24, 2.45) is 0 Å². The fourth-order valence-corrected chi connectivity index (χ4v) is 5.96. The van der Waals surface area contributed by atoms with E-state index in [2.05, 4.69) is 16.2 Å². The number of aliphatic carboxylic acids is 1. The van der Waals surface area contributed by atoms with E-state index in [0.29, 0.717) is 71.5 Å². The van der Waals surface area contributed by atoms with Crippen LogP contribution in [-0.4, -0.2) is 42.4 Å². The maximum absolute atomic E-state index is 15.6. The molecule has 0 radical (unpaired) electrons. The van der Waals surface area contributed by atoms with E-state index in [1.54, 1.807) is 46.3 Å². The highest BCUT2D eigenvalue weighted by molar-refractivity contribution is 5.70. The van der Waals surface area contributed by atoms with Crippen LogP contribution in [0.4, 0.5) is 4.39 Å². The number of carboxylic acids is 1. The zero-order valence-corrected chi connectivity index (χ0v) is 24.1. The van der Waals surface area contributed by atoms with E-state index in [0.717, 1.165) is 12.1 Å². The molecule has 4 aromatic rings. The molecule has 0 amide bonds. The zero-order chi connectivity index (χ0) is 30.0. The largest absolute Gasteiger partial charge is 0.480 e. The number of hydrogen-bond donors (Lipinski definition) is 1. The van der Waals surface area contributed by atoms with E-state index in [-0.39, 0.29) is 24.6 Å². The molecule has 0 aliphatic heterocycles. The Labute approximate surface area is 243 Å². The van der Waals surface area contributed by atoms with Gasteiger partial charge in [-0.2, -0.15) is 15.3 Å². The van der Waals surface area contributed by atoms with Gasteiger partial charge in [-0.3, -0.25) is 9.36 Å². The summed E-state index contributed by atoms with van der Waals surface area (Å²) in [6, 6.07) is 13.9. The smallest absolute Gasteiger partial charge is 0.329 e. The standard InChI is InChI=1S/C32H34FN5O4/c1-4-7-28-26(16-22-11-10-21(17-27(22)33)25-9-6-5-8-23(25)18-34)30(41)37(31-35-20(2)36-38(28)31)24-12-14-32(3,15-13-24)42-19-29(39)40/h5-6,8-11,17,24H,4,7,12-16,19H2,1-3H3,(H,39,40). The molecule has 42 heavy (non-hydrogen) atoms. The van der Waals surface area contributed by atoms with Gasteiger partial charge in [0.25, 0.3) is 5.56 Å². The van der Waals surface area contributed by atoms with Gasteiger partial charge in [-0.25, -0.2) is 13.7 Å². The summed E-state index contributed by atoms with van der Waals surface area (Å²) in [6.45, 7) is 5.35. The van der Waals surface area contributed by atoms with Gasteiger partial charge in [0, 0.05) is 18.0 Å². The minimum absolute atomic E-state index is 0.0845. The van der Waals surface area contributed by atoms with Crippen LogP contribution in [0.5, 0.6) is 0 Å². The van der Waals surface area contributed by atoms with Crippen LogP contribution < -0.4 is 5.56 Å². The second-order valence-corrected chi connectivity index (χ2v) is 11.2.